The highest BCUT2D eigenvalue weighted by Gasteiger charge is 2.30. The maximum Gasteiger partial charge on any atom is 0.0888 e. The molecule has 0 heterocycles. The van der Waals surface area contributed by atoms with Crippen molar-refractivity contribution in [2.75, 3.05) is 20.1 Å². The molecule has 0 aliphatic rings. The highest BCUT2D eigenvalue weighted by molar-refractivity contribution is 4.62. The molecule has 0 radical (unpaired) electrons. The molecular weight excluding hydrogens is 434 g/mol. The lowest BCUT2D eigenvalue weighted by Crippen LogP contribution is -2.53. The van der Waals surface area contributed by atoms with Gasteiger partial charge in [-0.15, -0.1) is 0 Å². The molecule has 0 fully saturated rings. The lowest BCUT2D eigenvalue weighted by atomic mass is 9.97. The third kappa shape index (κ3) is 22.0. The third-order valence-electron chi connectivity index (χ3n) is 8.94. The normalized spacial score (nSPS) is 12.9. The Labute approximate surface area is 231 Å². The van der Waals surface area contributed by atoms with Crippen molar-refractivity contribution in [1.82, 2.24) is 0 Å². The highest BCUT2D eigenvalue weighted by atomic mass is 15.4. The van der Waals surface area contributed by atoms with Gasteiger partial charge in [-0.25, -0.2) is 0 Å². The molecule has 0 saturated carbocycles. The van der Waals surface area contributed by atoms with Crippen molar-refractivity contribution in [1.29, 1.82) is 0 Å². The van der Waals surface area contributed by atoms with Crippen molar-refractivity contribution < 1.29 is 4.48 Å². The maximum atomic E-state index is 2.59. The number of quaternary nitrogens is 1. The zero-order chi connectivity index (χ0) is 26.6. The van der Waals surface area contributed by atoms with Crippen molar-refractivity contribution in [3.05, 3.63) is 0 Å². The fourth-order valence-electron chi connectivity index (χ4n) is 6.25. The molecule has 1 heteroatoms. The molecule has 0 aliphatic heterocycles. The molecule has 218 valence electrons. The first-order valence-corrected chi connectivity index (χ1v) is 17.5. The molecule has 0 rings (SSSR count). The van der Waals surface area contributed by atoms with E-state index in [9.17, 15) is 0 Å². The van der Waals surface area contributed by atoms with Crippen LogP contribution in [0, 0.1) is 0 Å². The summed E-state index contributed by atoms with van der Waals surface area (Å²) in [4.78, 5) is 0. The number of unbranched alkanes of at least 4 members (excludes halogenated alkanes) is 21. The Morgan fingerprint density at radius 3 is 0.944 bits per heavy atom. The quantitative estimate of drug-likeness (QED) is 0.0668. The van der Waals surface area contributed by atoms with E-state index in [4.69, 9.17) is 0 Å². The fraction of sp³-hybridized carbons (Fsp3) is 1.00. The van der Waals surface area contributed by atoms with Gasteiger partial charge in [-0.1, -0.05) is 169 Å². The molecule has 0 aromatic heterocycles. The molecule has 0 aromatic rings. The van der Waals surface area contributed by atoms with E-state index in [2.05, 4.69) is 34.7 Å². The van der Waals surface area contributed by atoms with Crippen molar-refractivity contribution in [2.45, 2.75) is 207 Å². The summed E-state index contributed by atoms with van der Waals surface area (Å²) in [5.74, 6) is 0. The second-order valence-corrected chi connectivity index (χ2v) is 12.6. The number of hydrogen-bond acceptors (Lipinski definition) is 0. The van der Waals surface area contributed by atoms with Crippen LogP contribution in [0.2, 0.25) is 0 Å². The molecular formula is C35H74N+. The summed E-state index contributed by atoms with van der Waals surface area (Å²) in [5.41, 5.74) is 0. The molecule has 0 spiro atoms. The Kier molecular flexibility index (Phi) is 27.9. The SMILES string of the molecule is CCCCCCCCCCCCCCCCCCCCCCC(CCC)[N+](C)(CCCC)CCCC. The lowest BCUT2D eigenvalue weighted by Gasteiger charge is -2.42. The molecule has 0 aromatic carbocycles. The van der Waals surface area contributed by atoms with Crippen LogP contribution in [0.5, 0.6) is 0 Å². The largest absolute Gasteiger partial charge is 0.324 e. The summed E-state index contributed by atoms with van der Waals surface area (Å²) in [5, 5.41) is 0. The minimum Gasteiger partial charge on any atom is -0.324 e. The van der Waals surface area contributed by atoms with E-state index in [1.807, 2.05) is 0 Å². The maximum absolute atomic E-state index is 2.59. The van der Waals surface area contributed by atoms with Crippen molar-refractivity contribution >= 4 is 0 Å². The molecule has 0 N–H and O–H groups in total. The van der Waals surface area contributed by atoms with E-state index in [1.165, 1.54) is 191 Å². The van der Waals surface area contributed by atoms with Gasteiger partial charge in [-0.3, -0.25) is 0 Å². The van der Waals surface area contributed by atoms with Crippen LogP contribution in [0.15, 0.2) is 0 Å². The molecule has 0 saturated heterocycles. The van der Waals surface area contributed by atoms with Crippen LogP contribution < -0.4 is 0 Å². The van der Waals surface area contributed by atoms with Gasteiger partial charge in [-0.05, 0) is 32.1 Å². The molecule has 1 unspecified atom stereocenters. The molecule has 0 aliphatic carbocycles. The Morgan fingerprint density at radius 1 is 0.333 bits per heavy atom. The van der Waals surface area contributed by atoms with Gasteiger partial charge < -0.3 is 4.48 Å². The Bertz CT molecular complexity index is 395. The molecule has 0 amide bonds. The topological polar surface area (TPSA) is 0 Å². The average molecular weight is 509 g/mol. The Morgan fingerprint density at radius 2 is 0.639 bits per heavy atom. The van der Waals surface area contributed by atoms with Crippen molar-refractivity contribution in [3.8, 4) is 0 Å². The average Bonchev–Trinajstić information content (AvgIpc) is 2.89. The summed E-state index contributed by atoms with van der Waals surface area (Å²) in [6.07, 6.45) is 39.3. The molecule has 0 bridgehead atoms. The summed E-state index contributed by atoms with van der Waals surface area (Å²) in [7, 11) is 2.59. The van der Waals surface area contributed by atoms with Crippen molar-refractivity contribution in [3.63, 3.8) is 0 Å². The van der Waals surface area contributed by atoms with E-state index in [1.54, 1.807) is 0 Å². The molecule has 1 nitrogen and oxygen atoms in total. The van der Waals surface area contributed by atoms with E-state index >= 15 is 0 Å². The van der Waals surface area contributed by atoms with Gasteiger partial charge in [0.05, 0.1) is 26.2 Å². The second kappa shape index (κ2) is 28.0. The predicted molar refractivity (Wildman–Crippen MR) is 167 cm³/mol. The predicted octanol–water partition coefficient (Wildman–Crippen LogP) is 12.4. The second-order valence-electron chi connectivity index (χ2n) is 12.6. The summed E-state index contributed by atoms with van der Waals surface area (Å²) in [6.45, 7) is 12.2. The van der Waals surface area contributed by atoms with Crippen LogP contribution in [0.3, 0.4) is 0 Å². The first-order valence-electron chi connectivity index (χ1n) is 17.5. The Balaban J connectivity index is 3.62. The van der Waals surface area contributed by atoms with Gasteiger partial charge in [0.1, 0.15) is 0 Å². The minimum atomic E-state index is 0.906. The zero-order valence-electron chi connectivity index (χ0n) is 26.5. The van der Waals surface area contributed by atoms with E-state index in [0.717, 1.165) is 6.04 Å². The van der Waals surface area contributed by atoms with E-state index in [-0.39, 0.29) is 0 Å². The van der Waals surface area contributed by atoms with Crippen molar-refractivity contribution in [2.24, 2.45) is 0 Å². The van der Waals surface area contributed by atoms with Crippen LogP contribution in [0.25, 0.3) is 0 Å². The first-order chi connectivity index (χ1) is 17.6. The van der Waals surface area contributed by atoms with Gasteiger partial charge in [-0.2, -0.15) is 0 Å². The fourth-order valence-corrected chi connectivity index (χ4v) is 6.25. The van der Waals surface area contributed by atoms with Crippen LogP contribution in [-0.4, -0.2) is 30.7 Å². The van der Waals surface area contributed by atoms with Gasteiger partial charge in [0, 0.05) is 0 Å². The van der Waals surface area contributed by atoms with Crippen LogP contribution in [0.1, 0.15) is 201 Å². The third-order valence-corrected chi connectivity index (χ3v) is 8.94. The number of nitrogens with zero attached hydrogens (tertiary/aromatic N) is 1. The molecule has 36 heavy (non-hydrogen) atoms. The van der Waals surface area contributed by atoms with Gasteiger partial charge in [0.15, 0.2) is 0 Å². The van der Waals surface area contributed by atoms with Gasteiger partial charge >= 0.3 is 0 Å². The summed E-state index contributed by atoms with van der Waals surface area (Å²) >= 11 is 0. The van der Waals surface area contributed by atoms with Gasteiger partial charge in [0.2, 0.25) is 0 Å². The monoisotopic (exact) mass is 509 g/mol. The highest BCUT2D eigenvalue weighted by Crippen LogP contribution is 2.24. The molecule has 1 atom stereocenters. The van der Waals surface area contributed by atoms with Crippen LogP contribution in [-0.2, 0) is 0 Å². The minimum absolute atomic E-state index is 0.906. The number of rotatable bonds is 30. The zero-order valence-corrected chi connectivity index (χ0v) is 26.5. The van der Waals surface area contributed by atoms with Crippen LogP contribution >= 0.6 is 0 Å². The smallest absolute Gasteiger partial charge is 0.0888 e. The van der Waals surface area contributed by atoms with E-state index in [0.29, 0.717) is 0 Å². The Hall–Kier alpha value is -0.0400. The lowest BCUT2D eigenvalue weighted by molar-refractivity contribution is -0.934. The number of hydrogen-bond donors (Lipinski definition) is 0. The van der Waals surface area contributed by atoms with Gasteiger partial charge in [0.25, 0.3) is 0 Å². The van der Waals surface area contributed by atoms with E-state index < -0.39 is 0 Å². The summed E-state index contributed by atoms with van der Waals surface area (Å²) in [6, 6.07) is 0.906. The standard InChI is InChI=1S/C35H74N/c1-6-10-13-14-15-16-17-18-19-20-21-22-23-24-25-26-27-28-29-30-32-35(31-9-4)36(5,33-11-7-2)34-12-8-3/h35H,6-34H2,1-5H3/q+1. The van der Waals surface area contributed by atoms with Crippen LogP contribution in [0.4, 0.5) is 0 Å². The summed E-state index contributed by atoms with van der Waals surface area (Å²) < 4.78 is 1.36. The first kappa shape index (κ1) is 36.0.